The number of aliphatic hydroxyl groups excluding tert-OH is 5. The third-order valence-corrected chi connectivity index (χ3v) is 3.01. The van der Waals surface area contributed by atoms with Gasteiger partial charge >= 0.3 is 0 Å². The van der Waals surface area contributed by atoms with Crippen LogP contribution in [0, 0.1) is 0 Å². The molecular weight excluding hydrogens is 232 g/mol. The van der Waals surface area contributed by atoms with E-state index in [0.717, 1.165) is 0 Å². The minimum Gasteiger partial charge on any atom is -0.410 e. The monoisotopic (exact) mass is 254 g/mol. The molecule has 0 heterocycles. The first kappa shape index (κ1) is 16.0. The summed E-state index contributed by atoms with van der Waals surface area (Å²) >= 11 is 0. The van der Waals surface area contributed by atoms with Gasteiger partial charge in [0.1, 0.15) is 18.3 Å². The van der Waals surface area contributed by atoms with E-state index in [1.54, 1.807) is 0 Å². The van der Waals surface area contributed by atoms with Crippen LogP contribution in [0.15, 0.2) is 0 Å². The van der Waals surface area contributed by atoms with Crippen molar-refractivity contribution in [2.75, 3.05) is 13.2 Å². The number of aliphatic hydroxyl groups is 5. The maximum atomic E-state index is 9.66. The lowest BCUT2D eigenvalue weighted by molar-refractivity contribution is -0.118. The zero-order valence-electron chi connectivity index (χ0n) is 9.87. The Bertz CT molecular complexity index is 195. The second-order valence-corrected chi connectivity index (χ2v) is 9.14. The van der Waals surface area contributed by atoms with E-state index >= 15 is 0 Å². The van der Waals surface area contributed by atoms with Gasteiger partial charge in [-0.1, -0.05) is 0 Å². The zero-order chi connectivity index (χ0) is 12.9. The van der Waals surface area contributed by atoms with E-state index in [1.807, 2.05) is 19.6 Å². The predicted octanol–water partition coefficient (Wildman–Crippen LogP) is -1.73. The summed E-state index contributed by atoms with van der Waals surface area (Å²) in [5.74, 6) is 0. The van der Waals surface area contributed by atoms with Gasteiger partial charge in [0.05, 0.1) is 19.3 Å². The van der Waals surface area contributed by atoms with Crippen molar-refractivity contribution < 1.29 is 30.0 Å². The van der Waals surface area contributed by atoms with E-state index in [2.05, 4.69) is 0 Å². The standard InChI is InChI=1S/C9H22O6Si/c1-16(2,3)15-7(5-11)9(14)8(13)6(12)4-10/h6-14H,4-5H2,1-3H3/t6-,7-,8-,9-/m1/s1. The molecule has 0 fully saturated rings. The van der Waals surface area contributed by atoms with E-state index in [-0.39, 0.29) is 0 Å². The van der Waals surface area contributed by atoms with Crippen LogP contribution in [0.3, 0.4) is 0 Å². The minimum atomic E-state index is -1.97. The van der Waals surface area contributed by atoms with E-state index in [4.69, 9.17) is 19.7 Å². The van der Waals surface area contributed by atoms with E-state index in [9.17, 15) is 10.2 Å². The Morgan fingerprint density at radius 1 is 0.938 bits per heavy atom. The maximum absolute atomic E-state index is 9.66. The first-order valence-electron chi connectivity index (χ1n) is 5.16. The van der Waals surface area contributed by atoms with Crippen molar-refractivity contribution in [3.8, 4) is 0 Å². The number of rotatable bonds is 7. The molecule has 0 saturated carbocycles. The Hall–Kier alpha value is -0.0231. The van der Waals surface area contributed by atoms with Crippen LogP contribution in [0.1, 0.15) is 0 Å². The fourth-order valence-electron chi connectivity index (χ4n) is 1.22. The van der Waals surface area contributed by atoms with Crippen LogP contribution in [0.5, 0.6) is 0 Å². The normalized spacial score (nSPS) is 20.2. The van der Waals surface area contributed by atoms with Crippen molar-refractivity contribution in [1.29, 1.82) is 0 Å². The van der Waals surface area contributed by atoms with Crippen LogP contribution < -0.4 is 0 Å². The molecule has 0 spiro atoms. The highest BCUT2D eigenvalue weighted by molar-refractivity contribution is 6.69. The molecular formula is C9H22O6Si. The molecule has 6 nitrogen and oxygen atoms in total. The van der Waals surface area contributed by atoms with Gasteiger partial charge in [-0.25, -0.2) is 0 Å². The molecule has 16 heavy (non-hydrogen) atoms. The van der Waals surface area contributed by atoms with Gasteiger partial charge in [0.2, 0.25) is 0 Å². The third kappa shape index (κ3) is 5.35. The van der Waals surface area contributed by atoms with Gasteiger partial charge in [-0.15, -0.1) is 0 Å². The second kappa shape index (κ2) is 6.65. The lowest BCUT2D eigenvalue weighted by Gasteiger charge is -2.32. The van der Waals surface area contributed by atoms with Crippen LogP contribution in [-0.4, -0.2) is 71.5 Å². The molecule has 0 radical (unpaired) electrons. The molecule has 0 aliphatic carbocycles. The van der Waals surface area contributed by atoms with E-state index in [0.29, 0.717) is 0 Å². The topological polar surface area (TPSA) is 110 Å². The second-order valence-electron chi connectivity index (χ2n) is 4.68. The molecule has 0 unspecified atom stereocenters. The van der Waals surface area contributed by atoms with E-state index < -0.39 is 45.9 Å². The van der Waals surface area contributed by atoms with Crippen LogP contribution >= 0.6 is 0 Å². The molecule has 5 N–H and O–H groups in total. The summed E-state index contributed by atoms with van der Waals surface area (Å²) in [6, 6.07) is 0. The quantitative estimate of drug-likeness (QED) is 0.345. The van der Waals surface area contributed by atoms with Crippen LogP contribution in [0.4, 0.5) is 0 Å². The molecule has 7 heteroatoms. The Balaban J connectivity index is 4.46. The summed E-state index contributed by atoms with van der Waals surface area (Å²) in [6.07, 6.45) is -5.38. The Kier molecular flexibility index (Phi) is 6.64. The SMILES string of the molecule is C[Si](C)(C)O[C@H](CO)[C@@H](O)[C@H](O)[C@H](O)CO. The highest BCUT2D eigenvalue weighted by atomic mass is 28.4. The number of hydrogen-bond acceptors (Lipinski definition) is 6. The highest BCUT2D eigenvalue weighted by Crippen LogP contribution is 2.14. The molecule has 0 aromatic heterocycles. The van der Waals surface area contributed by atoms with Crippen LogP contribution in [0.2, 0.25) is 19.6 Å². The largest absolute Gasteiger partial charge is 0.410 e. The van der Waals surface area contributed by atoms with Crippen molar-refractivity contribution >= 4 is 8.32 Å². The van der Waals surface area contributed by atoms with Crippen molar-refractivity contribution in [1.82, 2.24) is 0 Å². The average molecular weight is 254 g/mol. The van der Waals surface area contributed by atoms with Crippen LogP contribution in [0.25, 0.3) is 0 Å². The van der Waals surface area contributed by atoms with Gasteiger partial charge < -0.3 is 30.0 Å². The molecule has 0 saturated heterocycles. The Morgan fingerprint density at radius 3 is 1.75 bits per heavy atom. The summed E-state index contributed by atoms with van der Waals surface area (Å²) in [5, 5.41) is 45.9. The van der Waals surface area contributed by atoms with Gasteiger partial charge in [-0.3, -0.25) is 0 Å². The molecule has 0 amide bonds. The lowest BCUT2D eigenvalue weighted by Crippen LogP contribution is -2.50. The molecule has 0 bridgehead atoms. The van der Waals surface area contributed by atoms with Crippen molar-refractivity contribution in [3.05, 3.63) is 0 Å². The first-order valence-corrected chi connectivity index (χ1v) is 8.57. The molecule has 4 atom stereocenters. The summed E-state index contributed by atoms with van der Waals surface area (Å²) in [4.78, 5) is 0. The summed E-state index contributed by atoms with van der Waals surface area (Å²) in [5.41, 5.74) is 0. The maximum Gasteiger partial charge on any atom is 0.184 e. The molecule has 0 aliphatic rings. The van der Waals surface area contributed by atoms with Gasteiger partial charge in [-0.2, -0.15) is 0 Å². The zero-order valence-corrected chi connectivity index (χ0v) is 10.9. The molecule has 98 valence electrons. The number of hydrogen-bond donors (Lipinski definition) is 5. The van der Waals surface area contributed by atoms with Gasteiger partial charge in [0.15, 0.2) is 8.32 Å². The third-order valence-electron chi connectivity index (χ3n) is 2.00. The molecule has 0 aromatic rings. The first-order chi connectivity index (χ1) is 7.22. The van der Waals surface area contributed by atoms with Crippen molar-refractivity contribution in [3.63, 3.8) is 0 Å². The predicted molar refractivity (Wildman–Crippen MR) is 60.4 cm³/mol. The van der Waals surface area contributed by atoms with Gasteiger partial charge in [0, 0.05) is 0 Å². The Morgan fingerprint density at radius 2 is 1.44 bits per heavy atom. The smallest absolute Gasteiger partial charge is 0.184 e. The van der Waals surface area contributed by atoms with Crippen LogP contribution in [-0.2, 0) is 4.43 Å². The van der Waals surface area contributed by atoms with Gasteiger partial charge in [-0.05, 0) is 19.6 Å². The minimum absolute atomic E-state index is 0.458. The Labute approximate surface area is 96.2 Å². The van der Waals surface area contributed by atoms with E-state index in [1.165, 1.54) is 0 Å². The summed E-state index contributed by atoms with van der Waals surface area (Å²) in [6.45, 7) is 4.50. The average Bonchev–Trinajstić information content (AvgIpc) is 2.21. The van der Waals surface area contributed by atoms with Gasteiger partial charge in [0.25, 0.3) is 0 Å². The molecule has 0 aromatic carbocycles. The molecule has 0 rings (SSSR count). The van der Waals surface area contributed by atoms with Crippen molar-refractivity contribution in [2.24, 2.45) is 0 Å². The summed E-state index contributed by atoms with van der Waals surface area (Å²) < 4.78 is 5.45. The lowest BCUT2D eigenvalue weighted by atomic mass is 10.0. The fraction of sp³-hybridized carbons (Fsp3) is 1.00. The highest BCUT2D eigenvalue weighted by Gasteiger charge is 2.34. The fourth-order valence-corrected chi connectivity index (χ4v) is 2.35. The molecule has 0 aliphatic heterocycles. The van der Waals surface area contributed by atoms with Crippen molar-refractivity contribution in [2.45, 2.75) is 44.1 Å². The summed E-state index contributed by atoms with van der Waals surface area (Å²) in [7, 11) is -1.97.